The Balaban J connectivity index is 1.43. The van der Waals surface area contributed by atoms with Gasteiger partial charge in [0.15, 0.2) is 0 Å². The Bertz CT molecular complexity index is 1260. The van der Waals surface area contributed by atoms with Crippen molar-refractivity contribution in [3.8, 4) is 11.1 Å². The number of urea groups is 1. The minimum absolute atomic E-state index is 0.0929. The third kappa shape index (κ3) is 5.32. The molecule has 0 saturated heterocycles. The topological polar surface area (TPSA) is 87.7 Å². The molecule has 0 spiro atoms. The number of anilines is 2. The third-order valence-corrected chi connectivity index (χ3v) is 6.05. The van der Waals surface area contributed by atoms with Gasteiger partial charge in [-0.25, -0.2) is 9.18 Å². The monoisotopic (exact) mass is 475 g/mol. The van der Waals surface area contributed by atoms with E-state index in [1.54, 1.807) is 29.2 Å². The van der Waals surface area contributed by atoms with Crippen LogP contribution in [0.15, 0.2) is 66.7 Å². The number of carbonyl (C=O) groups is 3. The van der Waals surface area contributed by atoms with Crippen LogP contribution in [0.3, 0.4) is 0 Å². The summed E-state index contributed by atoms with van der Waals surface area (Å²) in [5.74, 6) is -1.29. The van der Waals surface area contributed by atoms with Crippen molar-refractivity contribution in [2.45, 2.75) is 19.9 Å². The van der Waals surface area contributed by atoms with E-state index in [0.717, 1.165) is 16.7 Å². The van der Waals surface area contributed by atoms with E-state index < -0.39 is 11.8 Å². The van der Waals surface area contributed by atoms with Gasteiger partial charge in [-0.15, -0.1) is 0 Å². The van der Waals surface area contributed by atoms with Gasteiger partial charge in [-0.3, -0.25) is 9.59 Å². The van der Waals surface area contributed by atoms with E-state index in [-0.39, 0.29) is 23.5 Å². The summed E-state index contributed by atoms with van der Waals surface area (Å²) in [4.78, 5) is 38.8. The summed E-state index contributed by atoms with van der Waals surface area (Å²) in [5, 5.41) is 5.15. The van der Waals surface area contributed by atoms with E-state index in [1.165, 1.54) is 19.2 Å². The molecule has 0 saturated carbocycles. The number of hydrogen-bond acceptors (Lipinski definition) is 4. The average Bonchev–Trinajstić information content (AvgIpc) is 3.18. The van der Waals surface area contributed by atoms with Gasteiger partial charge < -0.3 is 20.3 Å². The molecule has 0 aliphatic carbocycles. The zero-order valence-corrected chi connectivity index (χ0v) is 19.5. The average molecular weight is 476 g/mol. The van der Waals surface area contributed by atoms with Crippen molar-refractivity contribution in [2.75, 3.05) is 24.3 Å². The Kier molecular flexibility index (Phi) is 7.10. The predicted molar refractivity (Wildman–Crippen MR) is 131 cm³/mol. The number of hydrogen-bond donors (Lipinski definition) is 2. The first-order valence-electron chi connectivity index (χ1n) is 11.3. The Morgan fingerprint density at radius 3 is 2.43 bits per heavy atom. The van der Waals surface area contributed by atoms with Crippen molar-refractivity contribution in [1.29, 1.82) is 0 Å². The lowest BCUT2D eigenvalue weighted by Crippen LogP contribution is -2.33. The second kappa shape index (κ2) is 10.4. The molecule has 4 rings (SSSR count). The molecule has 0 unspecified atom stereocenters. The molecule has 0 radical (unpaired) electrons. The fourth-order valence-corrected chi connectivity index (χ4v) is 4.08. The van der Waals surface area contributed by atoms with Crippen LogP contribution in [0.4, 0.5) is 20.6 Å². The zero-order chi connectivity index (χ0) is 24.9. The molecule has 3 amide bonds. The number of rotatable bonds is 7. The van der Waals surface area contributed by atoms with Crippen LogP contribution in [-0.4, -0.2) is 36.5 Å². The highest BCUT2D eigenvalue weighted by molar-refractivity contribution is 6.01. The van der Waals surface area contributed by atoms with E-state index in [1.807, 2.05) is 37.3 Å². The van der Waals surface area contributed by atoms with Crippen LogP contribution < -0.4 is 10.6 Å². The summed E-state index contributed by atoms with van der Waals surface area (Å²) in [5.41, 5.74) is 3.91. The SMILES string of the molecule is CC[C@@H](CN1Cc2ccc(-c3ccc(NC(=O)Nc4ccccc4F)cc3)cc2C1=O)C(=O)OC. The van der Waals surface area contributed by atoms with Gasteiger partial charge in [0.05, 0.1) is 18.7 Å². The van der Waals surface area contributed by atoms with Crippen LogP contribution in [0.25, 0.3) is 11.1 Å². The highest BCUT2D eigenvalue weighted by Gasteiger charge is 2.31. The molecule has 0 aromatic heterocycles. The van der Waals surface area contributed by atoms with Crippen LogP contribution in [0, 0.1) is 11.7 Å². The molecule has 1 aliphatic rings. The standard InChI is InChI=1S/C27H26FN3O4/c1-3-17(26(33)35-2)15-31-16-20-9-8-19(14-22(20)25(31)32)18-10-12-21(13-11-18)29-27(34)30-24-7-5-4-6-23(24)28/h4-14,17H,3,15-16H2,1-2H3,(H2,29,30,34)/t17-/m0/s1. The summed E-state index contributed by atoms with van der Waals surface area (Å²) in [6, 6.07) is 18.2. The molecular weight excluding hydrogens is 449 g/mol. The summed E-state index contributed by atoms with van der Waals surface area (Å²) >= 11 is 0. The van der Waals surface area contributed by atoms with Gasteiger partial charge in [0.2, 0.25) is 0 Å². The summed E-state index contributed by atoms with van der Waals surface area (Å²) in [7, 11) is 1.36. The van der Waals surface area contributed by atoms with Gasteiger partial charge >= 0.3 is 12.0 Å². The van der Waals surface area contributed by atoms with Crippen LogP contribution >= 0.6 is 0 Å². The van der Waals surface area contributed by atoms with E-state index >= 15 is 0 Å². The first kappa shape index (κ1) is 23.9. The number of para-hydroxylation sites is 1. The lowest BCUT2D eigenvalue weighted by molar-refractivity contribution is -0.146. The predicted octanol–water partition coefficient (Wildman–Crippen LogP) is 5.29. The Morgan fingerprint density at radius 1 is 1.03 bits per heavy atom. The number of fused-ring (bicyclic) bond motifs is 1. The minimum atomic E-state index is -0.552. The Labute approximate surface area is 202 Å². The number of benzene rings is 3. The lowest BCUT2D eigenvalue weighted by atomic mass is 10.0. The lowest BCUT2D eigenvalue weighted by Gasteiger charge is -2.20. The normalized spacial score (nSPS) is 13.2. The zero-order valence-electron chi connectivity index (χ0n) is 19.5. The summed E-state index contributed by atoms with van der Waals surface area (Å²) in [6.45, 7) is 2.68. The largest absolute Gasteiger partial charge is 0.469 e. The smallest absolute Gasteiger partial charge is 0.323 e. The second-order valence-corrected chi connectivity index (χ2v) is 8.32. The number of esters is 1. The number of nitrogens with one attached hydrogen (secondary N) is 2. The van der Waals surface area contributed by atoms with E-state index in [0.29, 0.717) is 30.8 Å². The van der Waals surface area contributed by atoms with E-state index in [2.05, 4.69) is 10.6 Å². The number of nitrogens with zero attached hydrogens (tertiary/aromatic N) is 1. The maximum atomic E-state index is 13.7. The van der Waals surface area contributed by atoms with Gasteiger partial charge in [0.1, 0.15) is 5.82 Å². The highest BCUT2D eigenvalue weighted by Crippen LogP contribution is 2.30. The van der Waals surface area contributed by atoms with Crippen LogP contribution in [-0.2, 0) is 16.1 Å². The van der Waals surface area contributed by atoms with Crippen LogP contribution in [0.5, 0.6) is 0 Å². The molecule has 2 N–H and O–H groups in total. The van der Waals surface area contributed by atoms with Gasteiger partial charge in [0.25, 0.3) is 5.91 Å². The molecule has 1 aliphatic heterocycles. The van der Waals surface area contributed by atoms with Crippen molar-refractivity contribution >= 4 is 29.3 Å². The first-order chi connectivity index (χ1) is 16.9. The molecule has 3 aromatic carbocycles. The fraction of sp³-hybridized carbons (Fsp3) is 0.222. The first-order valence-corrected chi connectivity index (χ1v) is 11.3. The van der Waals surface area contributed by atoms with Crippen molar-refractivity contribution in [3.63, 3.8) is 0 Å². The van der Waals surface area contributed by atoms with Crippen LogP contribution in [0.1, 0.15) is 29.3 Å². The Hall–Kier alpha value is -4.20. The second-order valence-electron chi connectivity index (χ2n) is 8.32. The molecule has 1 atom stereocenters. The molecule has 35 heavy (non-hydrogen) atoms. The van der Waals surface area contributed by atoms with Gasteiger partial charge in [-0.2, -0.15) is 0 Å². The molecule has 3 aromatic rings. The molecule has 0 bridgehead atoms. The number of methoxy groups -OCH3 is 1. The molecule has 0 fully saturated rings. The molecule has 180 valence electrons. The van der Waals surface area contributed by atoms with E-state index in [9.17, 15) is 18.8 Å². The van der Waals surface area contributed by atoms with Crippen molar-refractivity contribution in [1.82, 2.24) is 4.90 Å². The van der Waals surface area contributed by atoms with E-state index in [4.69, 9.17) is 4.74 Å². The highest BCUT2D eigenvalue weighted by atomic mass is 19.1. The maximum Gasteiger partial charge on any atom is 0.323 e. The number of amides is 3. The quantitative estimate of drug-likeness (QED) is 0.455. The van der Waals surface area contributed by atoms with Gasteiger partial charge in [0, 0.05) is 24.3 Å². The number of ether oxygens (including phenoxy) is 1. The number of carbonyl (C=O) groups excluding carboxylic acids is 3. The Morgan fingerprint density at radius 2 is 1.74 bits per heavy atom. The minimum Gasteiger partial charge on any atom is -0.469 e. The van der Waals surface area contributed by atoms with Crippen LogP contribution in [0.2, 0.25) is 0 Å². The maximum absolute atomic E-state index is 13.7. The van der Waals surface area contributed by atoms with Crippen molar-refractivity contribution in [2.24, 2.45) is 5.92 Å². The molecule has 7 nitrogen and oxygen atoms in total. The molecule has 8 heteroatoms. The van der Waals surface area contributed by atoms with Gasteiger partial charge in [-0.1, -0.05) is 43.3 Å². The summed E-state index contributed by atoms with van der Waals surface area (Å²) < 4.78 is 18.6. The summed E-state index contributed by atoms with van der Waals surface area (Å²) in [6.07, 6.45) is 0.594. The molecular formula is C27H26FN3O4. The third-order valence-electron chi connectivity index (χ3n) is 6.05. The fourth-order valence-electron chi connectivity index (χ4n) is 4.08. The number of halogens is 1. The van der Waals surface area contributed by atoms with Crippen molar-refractivity contribution in [3.05, 3.63) is 83.7 Å². The van der Waals surface area contributed by atoms with Gasteiger partial charge in [-0.05, 0) is 53.4 Å². The molecule has 1 heterocycles. The van der Waals surface area contributed by atoms with Crippen molar-refractivity contribution < 1.29 is 23.5 Å².